The standard InChI is InChI=1S/C25H29N9O11P2S2/c1-3-4-25-5-10(34-9-30-14-21(26)28-8-29-22(14)34)15(35)20(25)45-47(39,48)41-6-11-16(40-2)17(44-46(37,38)42-7-25)18(43-11)19-12-13(33-49-19)23(36)32-24(27)31-12/h4,8-11,15-18,20,35H,1,5-7H2,2H3,(H,37,38)(H,39,48)(H2,26,28,29)(H3,27,31,32,36)/t10-,11-,15+,16-,17-,18-,20+,25-,47?/m1/s1. The fraction of sp³-hybridized carbons (Fsp3) is 0.480. The first-order valence-corrected chi connectivity index (χ1v) is 19.3. The SMILES string of the molecule is C=C=C[C@@]12COP(=O)(O)O[C@@H]3[C@H](OC)[C@@H](COP(O)(=S)O[C@H]1[C@@H](O)[C@H](n1cnc4c(N)ncnc41)C2)O[C@H]3c1snc2c(=O)[nH]c(N)nc12. The summed E-state index contributed by atoms with van der Waals surface area (Å²) in [6.07, 6.45) is -3.63. The Morgan fingerprint density at radius 1 is 1.24 bits per heavy atom. The summed E-state index contributed by atoms with van der Waals surface area (Å²) in [7, 11) is -3.72. The maximum absolute atomic E-state index is 13.8. The largest absolute Gasteiger partial charge is 0.472 e. The highest BCUT2D eigenvalue weighted by atomic mass is 32.5. The number of nitrogens with zero attached hydrogens (tertiary/aromatic N) is 6. The van der Waals surface area contributed by atoms with Gasteiger partial charge in [0.25, 0.3) is 5.56 Å². The zero-order valence-corrected chi connectivity index (χ0v) is 28.7. The second-order valence-electron chi connectivity index (χ2n) is 11.5. The average Bonchev–Trinajstić information content (AvgIpc) is 3.79. The number of aliphatic hydroxyl groups excluding tert-OH is 1. The van der Waals surface area contributed by atoms with Gasteiger partial charge in [0.15, 0.2) is 17.0 Å². The number of nitrogen functional groups attached to an aromatic ring is 2. The first-order chi connectivity index (χ1) is 23.3. The van der Waals surface area contributed by atoms with Crippen LogP contribution < -0.4 is 17.0 Å². The number of methoxy groups -OCH3 is 1. The zero-order chi connectivity index (χ0) is 34.9. The molecule has 0 radical (unpaired) electrons. The molecule has 1 aliphatic carbocycles. The van der Waals surface area contributed by atoms with E-state index in [2.05, 4.69) is 41.6 Å². The fourth-order valence-electron chi connectivity index (χ4n) is 6.50. The number of hydrogen-bond donors (Lipinski definition) is 6. The van der Waals surface area contributed by atoms with Crippen molar-refractivity contribution in [3.05, 3.63) is 46.3 Å². The molecule has 3 aliphatic rings. The Labute approximate surface area is 284 Å². The summed E-state index contributed by atoms with van der Waals surface area (Å²) in [4.78, 5) is 54.3. The molecule has 2 bridgehead atoms. The third kappa shape index (κ3) is 6.07. The molecule has 10 atom stereocenters. The van der Waals surface area contributed by atoms with Crippen molar-refractivity contribution in [2.45, 2.75) is 49.1 Å². The van der Waals surface area contributed by atoms with Crippen LogP contribution in [0.1, 0.15) is 23.4 Å². The molecule has 20 nitrogen and oxygen atoms in total. The second-order valence-corrected chi connectivity index (χ2v) is 16.5. The van der Waals surface area contributed by atoms with Crippen molar-refractivity contribution in [2.75, 3.05) is 31.8 Å². The van der Waals surface area contributed by atoms with Crippen LogP contribution in [0.15, 0.2) is 35.8 Å². The van der Waals surface area contributed by atoms with Crippen LogP contribution in [0.5, 0.6) is 0 Å². The number of rotatable bonds is 4. The molecule has 0 aromatic carbocycles. The normalized spacial score (nSPS) is 36.9. The van der Waals surface area contributed by atoms with Gasteiger partial charge in [-0.05, 0) is 35.8 Å². The summed E-state index contributed by atoms with van der Waals surface area (Å²) >= 11 is 6.24. The maximum Gasteiger partial charge on any atom is 0.472 e. The first kappa shape index (κ1) is 34.4. The molecule has 49 heavy (non-hydrogen) atoms. The molecule has 2 aliphatic heterocycles. The molecular formula is C25H29N9O11P2S2. The third-order valence-electron chi connectivity index (χ3n) is 8.62. The summed E-state index contributed by atoms with van der Waals surface area (Å²) in [5, 5.41) is 11.7. The van der Waals surface area contributed by atoms with Crippen molar-refractivity contribution in [1.82, 2.24) is 33.9 Å². The Morgan fingerprint density at radius 3 is 2.80 bits per heavy atom. The van der Waals surface area contributed by atoms with E-state index in [0.717, 1.165) is 11.5 Å². The number of aromatic amines is 1. The second kappa shape index (κ2) is 12.6. The Morgan fingerprint density at radius 2 is 2.04 bits per heavy atom. The number of phosphoric ester groups is 1. The van der Waals surface area contributed by atoms with Crippen molar-refractivity contribution >= 4 is 71.8 Å². The van der Waals surface area contributed by atoms with Crippen molar-refractivity contribution in [2.24, 2.45) is 5.41 Å². The molecule has 4 aromatic rings. The van der Waals surface area contributed by atoms with Crippen LogP contribution in [0.4, 0.5) is 11.8 Å². The van der Waals surface area contributed by atoms with E-state index in [1.54, 1.807) is 4.57 Å². The van der Waals surface area contributed by atoms with E-state index in [4.69, 9.17) is 50.8 Å². The van der Waals surface area contributed by atoms with Gasteiger partial charge in [-0.3, -0.25) is 18.8 Å². The van der Waals surface area contributed by atoms with Crippen LogP contribution in [-0.2, 0) is 43.9 Å². The van der Waals surface area contributed by atoms with E-state index < -0.39 is 81.4 Å². The van der Waals surface area contributed by atoms with Gasteiger partial charge in [-0.2, -0.15) is 4.37 Å². The highest BCUT2D eigenvalue weighted by Crippen LogP contribution is 2.59. The molecule has 4 aromatic heterocycles. The van der Waals surface area contributed by atoms with Gasteiger partial charge in [0.1, 0.15) is 54.0 Å². The predicted molar refractivity (Wildman–Crippen MR) is 174 cm³/mol. The van der Waals surface area contributed by atoms with E-state index in [0.29, 0.717) is 5.65 Å². The summed E-state index contributed by atoms with van der Waals surface area (Å²) < 4.78 is 54.4. The highest BCUT2D eigenvalue weighted by molar-refractivity contribution is 8.07. The number of fused-ring (bicyclic) bond motifs is 5. The molecular weight excluding hydrogens is 728 g/mol. The van der Waals surface area contributed by atoms with Crippen LogP contribution in [0, 0.1) is 5.41 Å². The number of hydrogen-bond acceptors (Lipinski definition) is 18. The quantitative estimate of drug-likeness (QED) is 0.123. The lowest BCUT2D eigenvalue weighted by Gasteiger charge is -2.34. The Kier molecular flexibility index (Phi) is 8.87. The van der Waals surface area contributed by atoms with Gasteiger partial charge < -0.3 is 49.4 Å². The number of ether oxygens (including phenoxy) is 2. The van der Waals surface area contributed by atoms with Gasteiger partial charge in [-0.15, -0.1) is 5.73 Å². The van der Waals surface area contributed by atoms with Gasteiger partial charge in [0, 0.05) is 7.11 Å². The summed E-state index contributed by atoms with van der Waals surface area (Å²) in [6, 6.07) is -0.871. The van der Waals surface area contributed by atoms with Crippen LogP contribution in [0.3, 0.4) is 0 Å². The molecule has 8 N–H and O–H groups in total. The minimum Gasteiger partial charge on any atom is -0.388 e. The van der Waals surface area contributed by atoms with E-state index in [-0.39, 0.29) is 39.6 Å². The number of imidazole rings is 1. The van der Waals surface area contributed by atoms with Gasteiger partial charge in [-0.1, -0.05) is 6.58 Å². The molecule has 0 amide bonds. The summed E-state index contributed by atoms with van der Waals surface area (Å²) in [6.45, 7) is -1.66. The monoisotopic (exact) mass is 757 g/mol. The van der Waals surface area contributed by atoms with Crippen molar-refractivity contribution < 1.29 is 47.0 Å². The Balaban J connectivity index is 1.28. The molecule has 262 valence electrons. The lowest BCUT2D eigenvalue weighted by atomic mass is 9.84. The summed E-state index contributed by atoms with van der Waals surface area (Å²) in [5.74, 6) is -0.0839. The zero-order valence-electron chi connectivity index (χ0n) is 25.3. The van der Waals surface area contributed by atoms with E-state index in [9.17, 15) is 24.3 Å². The average molecular weight is 758 g/mol. The van der Waals surface area contributed by atoms with Crippen LogP contribution in [0.2, 0.25) is 0 Å². The van der Waals surface area contributed by atoms with Crippen molar-refractivity contribution in [1.29, 1.82) is 0 Å². The lowest BCUT2D eigenvalue weighted by Crippen LogP contribution is -2.40. The maximum atomic E-state index is 13.8. The van der Waals surface area contributed by atoms with Crippen LogP contribution in [0.25, 0.3) is 22.2 Å². The molecule has 1 saturated carbocycles. The molecule has 7 rings (SSSR count). The number of H-pyrrole nitrogens is 1. The predicted octanol–water partition coefficient (Wildman–Crippen LogP) is 0.606. The molecule has 24 heteroatoms. The van der Waals surface area contributed by atoms with Crippen LogP contribution in [-0.4, -0.2) is 99.6 Å². The number of aliphatic hydroxyl groups is 1. The van der Waals surface area contributed by atoms with E-state index in [1.807, 2.05) is 0 Å². The molecule has 0 spiro atoms. The van der Waals surface area contributed by atoms with Gasteiger partial charge in [0.2, 0.25) is 5.95 Å². The van der Waals surface area contributed by atoms with Crippen LogP contribution >= 0.6 is 26.1 Å². The van der Waals surface area contributed by atoms with Gasteiger partial charge >= 0.3 is 14.5 Å². The number of phosphoric acid groups is 1. The molecule has 2 unspecified atom stereocenters. The lowest BCUT2D eigenvalue weighted by molar-refractivity contribution is -0.0453. The minimum absolute atomic E-state index is 0.0410. The molecule has 2 saturated heterocycles. The first-order valence-electron chi connectivity index (χ1n) is 14.4. The number of nitrogens with one attached hydrogen (secondary N) is 1. The summed E-state index contributed by atoms with van der Waals surface area (Å²) in [5.41, 5.74) is 12.9. The van der Waals surface area contributed by atoms with Crippen molar-refractivity contribution in [3.8, 4) is 0 Å². The number of anilines is 2. The molecule has 3 fully saturated rings. The molecule has 6 heterocycles. The highest BCUT2D eigenvalue weighted by Gasteiger charge is 2.58. The minimum atomic E-state index is -5.03. The van der Waals surface area contributed by atoms with E-state index in [1.165, 1.54) is 25.8 Å². The number of nitrogens with two attached hydrogens (primary N) is 2. The van der Waals surface area contributed by atoms with Gasteiger partial charge in [0.05, 0.1) is 35.9 Å². The fourth-order valence-corrected chi connectivity index (χ4v) is 9.87. The van der Waals surface area contributed by atoms with Crippen molar-refractivity contribution in [3.63, 3.8) is 0 Å². The Bertz CT molecular complexity index is 2140. The topological polar surface area (TPSA) is 287 Å². The Hall–Kier alpha value is -3.04. The van der Waals surface area contributed by atoms with E-state index >= 15 is 0 Å². The third-order valence-corrected chi connectivity index (χ3v) is 12.0. The van der Waals surface area contributed by atoms with Gasteiger partial charge in [-0.25, -0.2) is 24.5 Å². The smallest absolute Gasteiger partial charge is 0.388 e. The number of aromatic nitrogens is 7.